The summed E-state index contributed by atoms with van der Waals surface area (Å²) in [7, 11) is 0. The normalized spacial score (nSPS) is 12.3. The number of oxime groups is 1. The molecule has 0 aliphatic rings. The van der Waals surface area contributed by atoms with E-state index in [-0.39, 0.29) is 12.2 Å². The monoisotopic (exact) mass is 275 g/mol. The van der Waals surface area contributed by atoms with E-state index in [0.29, 0.717) is 0 Å². The van der Waals surface area contributed by atoms with Gasteiger partial charge in [0.05, 0.1) is 12.2 Å². The third-order valence-corrected chi connectivity index (χ3v) is 2.31. The zero-order valence-electron chi connectivity index (χ0n) is 10.1. The molecule has 0 heterocycles. The maximum absolute atomic E-state index is 12.7. The summed E-state index contributed by atoms with van der Waals surface area (Å²) >= 11 is 0. The van der Waals surface area contributed by atoms with Gasteiger partial charge in [-0.2, -0.15) is 13.2 Å². The van der Waals surface area contributed by atoms with E-state index in [1.165, 1.54) is 25.1 Å². The first-order valence-electron chi connectivity index (χ1n) is 5.43. The molecule has 0 spiro atoms. The summed E-state index contributed by atoms with van der Waals surface area (Å²) in [6, 6.07) is 4.76. The Hall–Kier alpha value is -2.05. The largest absolute Gasteiger partial charge is 0.461 e. The molecule has 0 saturated heterocycles. The second-order valence-electron chi connectivity index (χ2n) is 3.60. The average molecular weight is 275 g/mol. The molecule has 1 rings (SSSR count). The molecule has 104 valence electrons. The standard InChI is InChI=1S/C12H12F3NO3/c1-2-19-11(17)10(16-18)7-8-5-3-4-6-9(8)12(13,14)15/h3-6,18H,2,7H2,1H3. The lowest BCUT2D eigenvalue weighted by molar-refractivity contribution is -0.138. The van der Waals surface area contributed by atoms with Gasteiger partial charge in [-0.25, -0.2) is 4.79 Å². The van der Waals surface area contributed by atoms with Crippen LogP contribution in [-0.2, 0) is 22.1 Å². The van der Waals surface area contributed by atoms with Crippen molar-refractivity contribution >= 4 is 11.7 Å². The van der Waals surface area contributed by atoms with E-state index in [1.807, 2.05) is 0 Å². The van der Waals surface area contributed by atoms with Crippen LogP contribution in [-0.4, -0.2) is 23.5 Å². The molecule has 0 fully saturated rings. The van der Waals surface area contributed by atoms with Crippen LogP contribution in [0.5, 0.6) is 0 Å². The van der Waals surface area contributed by atoms with Crippen LogP contribution in [0.4, 0.5) is 13.2 Å². The lowest BCUT2D eigenvalue weighted by atomic mass is 10.0. The number of rotatable bonds is 4. The quantitative estimate of drug-likeness (QED) is 0.398. The van der Waals surface area contributed by atoms with Gasteiger partial charge in [-0.3, -0.25) is 0 Å². The number of hydrogen-bond acceptors (Lipinski definition) is 4. The van der Waals surface area contributed by atoms with Gasteiger partial charge >= 0.3 is 12.1 Å². The van der Waals surface area contributed by atoms with Crippen LogP contribution < -0.4 is 0 Å². The van der Waals surface area contributed by atoms with E-state index in [0.717, 1.165) is 6.07 Å². The van der Waals surface area contributed by atoms with Gasteiger partial charge in [-0.15, -0.1) is 0 Å². The Balaban J connectivity index is 3.02. The Morgan fingerprint density at radius 1 is 1.37 bits per heavy atom. The number of benzene rings is 1. The summed E-state index contributed by atoms with van der Waals surface area (Å²) in [6.07, 6.45) is -4.99. The maximum atomic E-state index is 12.7. The molecule has 0 radical (unpaired) electrons. The Morgan fingerprint density at radius 2 is 2.00 bits per heavy atom. The number of carbonyl (C=O) groups is 1. The molecule has 0 atom stereocenters. The number of nitrogens with zero attached hydrogens (tertiary/aromatic N) is 1. The first-order chi connectivity index (χ1) is 8.90. The Kier molecular flexibility index (Phi) is 4.91. The van der Waals surface area contributed by atoms with Crippen LogP contribution in [0.2, 0.25) is 0 Å². The van der Waals surface area contributed by atoms with Crippen molar-refractivity contribution in [1.82, 2.24) is 0 Å². The molecule has 0 aliphatic carbocycles. The summed E-state index contributed by atoms with van der Waals surface area (Å²) < 4.78 is 42.8. The SMILES string of the molecule is CCOC(=O)C(Cc1ccccc1C(F)(F)F)=NO. The Labute approximate surface area is 107 Å². The van der Waals surface area contributed by atoms with E-state index in [4.69, 9.17) is 5.21 Å². The molecule has 7 heteroatoms. The van der Waals surface area contributed by atoms with Gasteiger partial charge in [0, 0.05) is 6.42 Å². The minimum Gasteiger partial charge on any atom is -0.461 e. The fraction of sp³-hybridized carbons (Fsp3) is 0.333. The van der Waals surface area contributed by atoms with Crippen molar-refractivity contribution in [3.63, 3.8) is 0 Å². The van der Waals surface area contributed by atoms with Crippen molar-refractivity contribution in [2.45, 2.75) is 19.5 Å². The van der Waals surface area contributed by atoms with Gasteiger partial charge in [0.1, 0.15) is 0 Å². The Bertz CT molecular complexity index is 483. The molecular formula is C12H12F3NO3. The summed E-state index contributed by atoms with van der Waals surface area (Å²) in [6.45, 7) is 1.58. The van der Waals surface area contributed by atoms with Gasteiger partial charge in [0.2, 0.25) is 0 Å². The molecule has 0 aromatic heterocycles. The van der Waals surface area contributed by atoms with E-state index >= 15 is 0 Å². The third-order valence-electron chi connectivity index (χ3n) is 2.31. The van der Waals surface area contributed by atoms with Crippen LogP contribution in [0.25, 0.3) is 0 Å². The lowest BCUT2D eigenvalue weighted by Crippen LogP contribution is -2.21. The molecule has 0 bridgehead atoms. The first kappa shape index (κ1) is 15.0. The van der Waals surface area contributed by atoms with E-state index in [2.05, 4.69) is 9.89 Å². The van der Waals surface area contributed by atoms with Crippen LogP contribution in [0.15, 0.2) is 29.4 Å². The summed E-state index contributed by atoms with van der Waals surface area (Å²) in [5.41, 5.74) is -1.50. The topological polar surface area (TPSA) is 58.9 Å². The molecular weight excluding hydrogens is 263 g/mol. The summed E-state index contributed by atoms with van der Waals surface area (Å²) in [5, 5.41) is 11.4. The maximum Gasteiger partial charge on any atom is 0.416 e. The lowest BCUT2D eigenvalue weighted by Gasteiger charge is -2.12. The van der Waals surface area contributed by atoms with Crippen molar-refractivity contribution in [2.75, 3.05) is 6.61 Å². The second-order valence-corrected chi connectivity index (χ2v) is 3.60. The van der Waals surface area contributed by atoms with E-state index in [1.54, 1.807) is 0 Å². The van der Waals surface area contributed by atoms with Crippen molar-refractivity contribution in [3.05, 3.63) is 35.4 Å². The molecule has 1 aromatic rings. The predicted octanol–water partition coefficient (Wildman–Crippen LogP) is 2.64. The number of alkyl halides is 3. The fourth-order valence-corrected chi connectivity index (χ4v) is 1.49. The zero-order valence-corrected chi connectivity index (χ0v) is 10.1. The number of halogens is 3. The van der Waals surface area contributed by atoms with E-state index in [9.17, 15) is 18.0 Å². The van der Waals surface area contributed by atoms with Crippen molar-refractivity contribution in [3.8, 4) is 0 Å². The second kappa shape index (κ2) is 6.21. The van der Waals surface area contributed by atoms with Crippen LogP contribution in [0.1, 0.15) is 18.1 Å². The van der Waals surface area contributed by atoms with Gasteiger partial charge < -0.3 is 9.94 Å². The van der Waals surface area contributed by atoms with Crippen molar-refractivity contribution < 1.29 is 27.9 Å². The molecule has 4 nitrogen and oxygen atoms in total. The molecule has 19 heavy (non-hydrogen) atoms. The molecule has 1 aromatic carbocycles. The van der Waals surface area contributed by atoms with Crippen molar-refractivity contribution in [2.24, 2.45) is 5.16 Å². The highest BCUT2D eigenvalue weighted by Gasteiger charge is 2.33. The molecule has 1 N–H and O–H groups in total. The van der Waals surface area contributed by atoms with Crippen LogP contribution >= 0.6 is 0 Å². The highest BCUT2D eigenvalue weighted by Crippen LogP contribution is 2.32. The highest BCUT2D eigenvalue weighted by atomic mass is 19.4. The molecule has 0 unspecified atom stereocenters. The minimum atomic E-state index is -4.54. The minimum absolute atomic E-state index is 0.0404. The van der Waals surface area contributed by atoms with E-state index < -0.39 is 29.8 Å². The first-order valence-corrected chi connectivity index (χ1v) is 5.43. The highest BCUT2D eigenvalue weighted by molar-refractivity contribution is 6.36. The number of hydrogen-bond donors (Lipinski definition) is 1. The number of esters is 1. The van der Waals surface area contributed by atoms with Gasteiger partial charge in [0.25, 0.3) is 0 Å². The summed E-state index contributed by atoms with van der Waals surface area (Å²) in [5.74, 6) is -0.943. The Morgan fingerprint density at radius 3 is 2.53 bits per heavy atom. The predicted molar refractivity (Wildman–Crippen MR) is 61.0 cm³/mol. The van der Waals surface area contributed by atoms with Gasteiger partial charge in [0.15, 0.2) is 5.71 Å². The molecule has 0 aliphatic heterocycles. The third kappa shape index (κ3) is 3.97. The number of ether oxygens (including phenoxy) is 1. The van der Waals surface area contributed by atoms with Crippen molar-refractivity contribution in [1.29, 1.82) is 0 Å². The molecule has 0 saturated carbocycles. The van der Waals surface area contributed by atoms with Crippen LogP contribution in [0, 0.1) is 0 Å². The fourth-order valence-electron chi connectivity index (χ4n) is 1.49. The summed E-state index contributed by atoms with van der Waals surface area (Å²) in [4.78, 5) is 11.3. The smallest absolute Gasteiger partial charge is 0.416 e. The molecule has 0 amide bonds. The van der Waals surface area contributed by atoms with Gasteiger partial charge in [-0.05, 0) is 18.6 Å². The number of carbonyl (C=O) groups excluding carboxylic acids is 1. The van der Waals surface area contributed by atoms with Gasteiger partial charge in [-0.1, -0.05) is 23.4 Å². The van der Waals surface area contributed by atoms with Crippen LogP contribution in [0.3, 0.4) is 0 Å². The average Bonchev–Trinajstić information content (AvgIpc) is 2.35. The zero-order chi connectivity index (χ0) is 14.5.